The number of halogens is 2. The molecule has 72 valence electrons. The minimum atomic E-state index is -2.61. The molecule has 0 aliphatic rings. The Labute approximate surface area is 82.0 Å². The van der Waals surface area contributed by atoms with Crippen LogP contribution in [-0.4, -0.2) is 8.76 Å². The summed E-state index contributed by atoms with van der Waals surface area (Å²) in [6.07, 6.45) is 0. The number of benzene rings is 1. The summed E-state index contributed by atoms with van der Waals surface area (Å²) in [4.78, 5) is 0. The van der Waals surface area contributed by atoms with Crippen molar-refractivity contribution in [1.29, 1.82) is 0 Å². The molecule has 0 bridgehead atoms. The van der Waals surface area contributed by atoms with Gasteiger partial charge in [0.05, 0.1) is 18.0 Å². The second-order valence-electron chi connectivity index (χ2n) is 2.20. The van der Waals surface area contributed by atoms with Crippen molar-refractivity contribution >= 4 is 23.0 Å². The van der Waals surface area contributed by atoms with E-state index >= 15 is 0 Å². The van der Waals surface area contributed by atoms with Gasteiger partial charge < -0.3 is 4.55 Å². The fraction of sp³-hybridized carbons (Fsp3) is 0.143. The van der Waals surface area contributed by atoms with Crippen LogP contribution in [0, 0.1) is 5.82 Å². The van der Waals surface area contributed by atoms with Crippen LogP contribution in [0.3, 0.4) is 0 Å². The maximum atomic E-state index is 12.6. The van der Waals surface area contributed by atoms with E-state index in [1.165, 1.54) is 12.1 Å². The molecule has 0 aliphatic carbocycles. The van der Waals surface area contributed by atoms with Crippen molar-refractivity contribution < 1.29 is 17.3 Å². The van der Waals surface area contributed by atoms with E-state index in [0.717, 1.165) is 6.07 Å². The van der Waals surface area contributed by atoms with Crippen molar-refractivity contribution in [3.63, 3.8) is 0 Å². The predicted octanol–water partition coefficient (Wildman–Crippen LogP) is 1.79. The Kier molecular flexibility index (Phi) is 3.80. The molecule has 1 aromatic rings. The molecule has 0 aliphatic heterocycles. The van der Waals surface area contributed by atoms with Gasteiger partial charge in [-0.05, 0) is 18.2 Å². The number of rotatable bonds is 3. The summed E-state index contributed by atoms with van der Waals surface area (Å²) in [5.74, 6) is -0.486. The van der Waals surface area contributed by atoms with Crippen molar-refractivity contribution in [2.24, 2.45) is 0 Å². The second kappa shape index (κ2) is 4.66. The van der Waals surface area contributed by atoms with Crippen molar-refractivity contribution in [1.82, 2.24) is 0 Å². The smallest absolute Gasteiger partial charge is 0.123 e. The molecule has 0 heterocycles. The first-order valence-corrected chi connectivity index (χ1v) is 4.64. The first kappa shape index (κ1) is 10.6. The Balaban J connectivity index is 2.75. The van der Waals surface area contributed by atoms with Crippen LogP contribution in [0.2, 0.25) is 5.02 Å². The Morgan fingerprint density at radius 1 is 1.62 bits per heavy atom. The first-order valence-electron chi connectivity index (χ1n) is 3.26. The molecule has 0 spiro atoms. The molecule has 1 rings (SSSR count). The van der Waals surface area contributed by atoms with Crippen LogP contribution >= 0.6 is 11.6 Å². The summed E-state index contributed by atoms with van der Waals surface area (Å²) >= 11 is 3.02. The van der Waals surface area contributed by atoms with E-state index < -0.39 is 17.2 Å². The fourth-order valence-corrected chi connectivity index (χ4v) is 1.16. The lowest BCUT2D eigenvalue weighted by Crippen LogP contribution is -1.97. The van der Waals surface area contributed by atoms with Crippen LogP contribution in [-0.2, 0) is 22.2 Å². The van der Waals surface area contributed by atoms with Gasteiger partial charge in [0.2, 0.25) is 0 Å². The maximum Gasteiger partial charge on any atom is 0.123 e. The highest BCUT2D eigenvalue weighted by atomic mass is 35.5. The van der Waals surface area contributed by atoms with Gasteiger partial charge >= 0.3 is 0 Å². The molecule has 1 atom stereocenters. The molecular formula is C7H5ClFO3S-. The molecular weight excluding hydrogens is 219 g/mol. The SMILES string of the molecule is O=S([O-])OCc1cc(F)ccc1Cl. The zero-order chi connectivity index (χ0) is 9.84. The normalized spacial score (nSPS) is 12.8. The van der Waals surface area contributed by atoms with Gasteiger partial charge in [-0.3, -0.25) is 4.18 Å². The van der Waals surface area contributed by atoms with E-state index in [4.69, 9.17) is 11.6 Å². The Morgan fingerprint density at radius 3 is 2.92 bits per heavy atom. The average molecular weight is 224 g/mol. The van der Waals surface area contributed by atoms with Crippen LogP contribution in [0.15, 0.2) is 18.2 Å². The molecule has 0 saturated carbocycles. The van der Waals surface area contributed by atoms with Crippen LogP contribution in [0.25, 0.3) is 0 Å². The molecule has 13 heavy (non-hydrogen) atoms. The molecule has 6 heteroatoms. The van der Waals surface area contributed by atoms with E-state index in [-0.39, 0.29) is 11.6 Å². The highest BCUT2D eigenvalue weighted by molar-refractivity contribution is 7.74. The molecule has 0 aromatic heterocycles. The van der Waals surface area contributed by atoms with Crippen LogP contribution in [0.4, 0.5) is 4.39 Å². The van der Waals surface area contributed by atoms with Gasteiger partial charge in [0.1, 0.15) is 5.82 Å². The largest absolute Gasteiger partial charge is 0.750 e. The summed E-state index contributed by atoms with van der Waals surface area (Å²) in [7, 11) is 0. The minimum Gasteiger partial charge on any atom is -0.750 e. The van der Waals surface area contributed by atoms with E-state index in [2.05, 4.69) is 4.18 Å². The fourth-order valence-electron chi connectivity index (χ4n) is 0.766. The Morgan fingerprint density at radius 2 is 2.31 bits per heavy atom. The zero-order valence-corrected chi connectivity index (χ0v) is 7.90. The lowest BCUT2D eigenvalue weighted by molar-refractivity contribution is 0.290. The summed E-state index contributed by atoms with van der Waals surface area (Å²) in [5.41, 5.74) is 0.297. The molecule has 1 aromatic carbocycles. The van der Waals surface area contributed by atoms with E-state index in [1.54, 1.807) is 0 Å². The van der Waals surface area contributed by atoms with Gasteiger partial charge in [0, 0.05) is 10.6 Å². The second-order valence-corrected chi connectivity index (χ2v) is 3.25. The lowest BCUT2D eigenvalue weighted by atomic mass is 10.2. The zero-order valence-electron chi connectivity index (χ0n) is 6.33. The van der Waals surface area contributed by atoms with Gasteiger partial charge in [-0.15, -0.1) is 0 Å². The molecule has 0 N–H and O–H groups in total. The summed E-state index contributed by atoms with van der Waals surface area (Å²) in [6, 6.07) is 3.64. The highest BCUT2D eigenvalue weighted by Gasteiger charge is 2.02. The van der Waals surface area contributed by atoms with Crippen molar-refractivity contribution in [2.45, 2.75) is 6.61 Å². The number of hydrogen-bond donors (Lipinski definition) is 0. The van der Waals surface area contributed by atoms with Crippen LogP contribution < -0.4 is 0 Å². The topological polar surface area (TPSA) is 49.4 Å². The quantitative estimate of drug-likeness (QED) is 0.734. The summed E-state index contributed by atoms with van der Waals surface area (Å²) < 4.78 is 36.9. The van der Waals surface area contributed by atoms with E-state index in [1.807, 2.05) is 0 Å². The predicted molar refractivity (Wildman–Crippen MR) is 45.1 cm³/mol. The van der Waals surface area contributed by atoms with Gasteiger partial charge in [-0.1, -0.05) is 11.6 Å². The van der Waals surface area contributed by atoms with Gasteiger partial charge in [-0.2, -0.15) is 0 Å². The lowest BCUT2D eigenvalue weighted by Gasteiger charge is -2.06. The molecule has 3 nitrogen and oxygen atoms in total. The molecule has 0 saturated heterocycles. The summed E-state index contributed by atoms with van der Waals surface area (Å²) in [6.45, 7) is -0.257. The monoisotopic (exact) mass is 223 g/mol. The standard InChI is InChI=1S/C7H6ClFO3S/c8-7-2-1-6(9)3-5(7)4-12-13(10)11/h1-3H,4H2,(H,10,11)/p-1. The Bertz CT molecular complexity index is 332. The first-order chi connectivity index (χ1) is 6.09. The van der Waals surface area contributed by atoms with Crippen molar-refractivity contribution in [2.75, 3.05) is 0 Å². The van der Waals surface area contributed by atoms with Crippen molar-refractivity contribution in [3.8, 4) is 0 Å². The maximum absolute atomic E-state index is 12.6. The summed E-state index contributed by atoms with van der Waals surface area (Å²) in [5, 5.41) is 0.270. The molecule has 0 fully saturated rings. The number of hydrogen-bond acceptors (Lipinski definition) is 3. The van der Waals surface area contributed by atoms with Crippen LogP contribution in [0.5, 0.6) is 0 Å². The molecule has 1 unspecified atom stereocenters. The average Bonchev–Trinajstić information content (AvgIpc) is 2.06. The van der Waals surface area contributed by atoms with Crippen molar-refractivity contribution in [3.05, 3.63) is 34.6 Å². The van der Waals surface area contributed by atoms with Crippen LogP contribution in [0.1, 0.15) is 5.56 Å². The third kappa shape index (κ3) is 3.40. The van der Waals surface area contributed by atoms with E-state index in [9.17, 15) is 13.2 Å². The molecule has 0 radical (unpaired) electrons. The van der Waals surface area contributed by atoms with Gasteiger partial charge in [0.25, 0.3) is 0 Å². The Hall–Kier alpha value is -0.490. The molecule has 0 amide bonds. The highest BCUT2D eigenvalue weighted by Crippen LogP contribution is 2.17. The third-order valence-corrected chi connectivity index (χ3v) is 2.00. The third-order valence-electron chi connectivity index (χ3n) is 1.32. The van der Waals surface area contributed by atoms with Gasteiger partial charge in [0.15, 0.2) is 0 Å². The van der Waals surface area contributed by atoms with Gasteiger partial charge in [-0.25, -0.2) is 8.60 Å². The minimum absolute atomic E-state index is 0.257. The van der Waals surface area contributed by atoms with E-state index in [0.29, 0.717) is 5.56 Å².